The Bertz CT molecular complexity index is 1190. The summed E-state index contributed by atoms with van der Waals surface area (Å²) in [5, 5.41) is 10.8. The zero-order valence-corrected chi connectivity index (χ0v) is 17.9. The van der Waals surface area contributed by atoms with E-state index in [4.69, 9.17) is 4.74 Å². The van der Waals surface area contributed by atoms with Crippen molar-refractivity contribution in [1.29, 1.82) is 0 Å². The summed E-state index contributed by atoms with van der Waals surface area (Å²) >= 11 is 0. The third-order valence-corrected chi connectivity index (χ3v) is 5.44. The second-order valence-electron chi connectivity index (χ2n) is 7.56. The Morgan fingerprint density at radius 1 is 0.969 bits per heavy atom. The number of rotatable bonds is 6. The van der Waals surface area contributed by atoms with Gasteiger partial charge in [-0.05, 0) is 48.4 Å². The van der Waals surface area contributed by atoms with Gasteiger partial charge in [0.15, 0.2) is 11.5 Å². The normalized spacial score (nSPS) is 16.1. The van der Waals surface area contributed by atoms with Gasteiger partial charge >= 0.3 is 0 Å². The maximum atomic E-state index is 13.2. The van der Waals surface area contributed by atoms with Crippen LogP contribution >= 0.6 is 0 Å². The predicted molar refractivity (Wildman–Crippen MR) is 125 cm³/mol. The van der Waals surface area contributed by atoms with Gasteiger partial charge in [-0.1, -0.05) is 66.2 Å². The maximum Gasteiger partial charge on any atom is 0.294 e. The van der Waals surface area contributed by atoms with Crippen LogP contribution in [0.5, 0.6) is 5.75 Å². The molecule has 0 radical (unpaired) electrons. The number of carbonyl (C=O) groups is 2. The van der Waals surface area contributed by atoms with Gasteiger partial charge in [0.2, 0.25) is 0 Å². The standard InChI is InChI=1S/C27H23NO4/c1-18-8-13-21(14-9-18)28-25(20-11-15-22(32-2)16-12-20)24(26(30)27(28)31)23(29)17-10-19-6-4-3-5-7-19/h3-17,25,30H,1-2H3. The second-order valence-corrected chi connectivity index (χ2v) is 7.56. The number of aryl methyl sites for hydroxylation is 1. The molecule has 1 N–H and O–H groups in total. The Kier molecular flexibility index (Phi) is 5.90. The molecule has 1 unspecified atom stereocenters. The SMILES string of the molecule is COc1ccc(C2C(C(=O)C=Cc3ccccc3)=C(O)C(=O)N2c2ccc(C)cc2)cc1. The van der Waals surface area contributed by atoms with Crippen LogP contribution in [0.1, 0.15) is 22.7 Å². The van der Waals surface area contributed by atoms with Gasteiger partial charge in [0.1, 0.15) is 5.75 Å². The maximum absolute atomic E-state index is 13.2. The number of aliphatic hydroxyl groups excluding tert-OH is 1. The lowest BCUT2D eigenvalue weighted by molar-refractivity contribution is -0.117. The highest BCUT2D eigenvalue weighted by Crippen LogP contribution is 2.41. The van der Waals surface area contributed by atoms with E-state index in [1.54, 1.807) is 37.5 Å². The number of aliphatic hydroxyl groups is 1. The fourth-order valence-electron chi connectivity index (χ4n) is 3.76. The summed E-state index contributed by atoms with van der Waals surface area (Å²) in [4.78, 5) is 27.8. The highest BCUT2D eigenvalue weighted by atomic mass is 16.5. The van der Waals surface area contributed by atoms with Crippen LogP contribution in [0.2, 0.25) is 0 Å². The van der Waals surface area contributed by atoms with Gasteiger partial charge in [0.05, 0.1) is 18.7 Å². The molecule has 0 saturated heterocycles. The average Bonchev–Trinajstić information content (AvgIpc) is 3.09. The van der Waals surface area contributed by atoms with Crippen LogP contribution in [0.15, 0.2) is 96.3 Å². The number of methoxy groups -OCH3 is 1. The molecule has 160 valence electrons. The van der Waals surface area contributed by atoms with Crippen molar-refractivity contribution in [1.82, 2.24) is 0 Å². The summed E-state index contributed by atoms with van der Waals surface area (Å²) in [6, 6.07) is 23.2. The largest absolute Gasteiger partial charge is 0.503 e. The molecule has 1 heterocycles. The number of allylic oxidation sites excluding steroid dienone is 1. The summed E-state index contributed by atoms with van der Waals surface area (Å²) < 4.78 is 5.24. The van der Waals surface area contributed by atoms with E-state index in [9.17, 15) is 14.7 Å². The van der Waals surface area contributed by atoms with Crippen LogP contribution < -0.4 is 9.64 Å². The molecule has 0 spiro atoms. The molecule has 0 aliphatic carbocycles. The van der Waals surface area contributed by atoms with Crippen molar-refractivity contribution in [2.75, 3.05) is 12.0 Å². The van der Waals surface area contributed by atoms with Crippen molar-refractivity contribution >= 4 is 23.5 Å². The van der Waals surface area contributed by atoms with Crippen molar-refractivity contribution in [3.8, 4) is 5.75 Å². The van der Waals surface area contributed by atoms with Gasteiger partial charge < -0.3 is 9.84 Å². The molecule has 1 amide bonds. The van der Waals surface area contributed by atoms with E-state index in [0.717, 1.165) is 11.1 Å². The van der Waals surface area contributed by atoms with Gasteiger partial charge in [-0.25, -0.2) is 0 Å². The first kappa shape index (κ1) is 21.1. The van der Waals surface area contributed by atoms with Crippen LogP contribution in [-0.4, -0.2) is 23.9 Å². The smallest absolute Gasteiger partial charge is 0.294 e. The lowest BCUT2D eigenvalue weighted by Crippen LogP contribution is -2.30. The molecule has 0 bridgehead atoms. The molecule has 0 fully saturated rings. The minimum Gasteiger partial charge on any atom is -0.503 e. The molecule has 5 nitrogen and oxygen atoms in total. The van der Waals surface area contributed by atoms with Crippen LogP contribution in [0.3, 0.4) is 0 Å². The summed E-state index contributed by atoms with van der Waals surface area (Å²) in [5.41, 5.74) is 3.23. The van der Waals surface area contributed by atoms with Crippen LogP contribution in [-0.2, 0) is 9.59 Å². The molecule has 32 heavy (non-hydrogen) atoms. The van der Waals surface area contributed by atoms with E-state index in [2.05, 4.69) is 0 Å². The number of nitrogens with zero attached hydrogens (tertiary/aromatic N) is 1. The average molecular weight is 425 g/mol. The van der Waals surface area contributed by atoms with Crippen molar-refractivity contribution in [3.63, 3.8) is 0 Å². The monoisotopic (exact) mass is 425 g/mol. The molecule has 0 aromatic heterocycles. The number of benzene rings is 3. The van der Waals surface area contributed by atoms with Crippen LogP contribution in [0.25, 0.3) is 6.08 Å². The summed E-state index contributed by atoms with van der Waals surface area (Å²) in [7, 11) is 1.57. The number of amides is 1. The number of carbonyl (C=O) groups excluding carboxylic acids is 2. The van der Waals surface area contributed by atoms with Crippen molar-refractivity contribution in [3.05, 3.63) is 113 Å². The Morgan fingerprint density at radius 2 is 1.62 bits per heavy atom. The first-order valence-electron chi connectivity index (χ1n) is 10.2. The van der Waals surface area contributed by atoms with E-state index in [1.165, 1.54) is 11.0 Å². The minimum absolute atomic E-state index is 0.0490. The fourth-order valence-corrected chi connectivity index (χ4v) is 3.76. The summed E-state index contributed by atoms with van der Waals surface area (Å²) in [6.07, 6.45) is 3.07. The second kappa shape index (κ2) is 8.94. The number of anilines is 1. The summed E-state index contributed by atoms with van der Waals surface area (Å²) in [6.45, 7) is 1.95. The molecular weight excluding hydrogens is 402 g/mol. The number of ether oxygens (including phenoxy) is 1. The predicted octanol–water partition coefficient (Wildman–Crippen LogP) is 5.19. The van der Waals surface area contributed by atoms with Crippen molar-refractivity contribution < 1.29 is 19.4 Å². The molecule has 4 rings (SSSR count). The van der Waals surface area contributed by atoms with Gasteiger partial charge in [-0.3, -0.25) is 14.5 Å². The van der Waals surface area contributed by atoms with Gasteiger partial charge in [0.25, 0.3) is 5.91 Å². The van der Waals surface area contributed by atoms with Crippen LogP contribution in [0.4, 0.5) is 5.69 Å². The number of hydrogen-bond acceptors (Lipinski definition) is 4. The molecule has 1 aliphatic rings. The molecule has 1 aliphatic heterocycles. The quantitative estimate of drug-likeness (QED) is 0.552. The Labute approximate surface area is 186 Å². The van der Waals surface area contributed by atoms with Gasteiger partial charge in [-0.15, -0.1) is 0 Å². The third kappa shape index (κ3) is 4.05. The summed E-state index contributed by atoms with van der Waals surface area (Å²) in [5.74, 6) is -0.902. The fraction of sp³-hybridized carbons (Fsp3) is 0.111. The first-order valence-corrected chi connectivity index (χ1v) is 10.2. The van der Waals surface area contributed by atoms with E-state index >= 15 is 0 Å². The number of hydrogen-bond donors (Lipinski definition) is 1. The van der Waals surface area contributed by atoms with Gasteiger partial charge in [0, 0.05) is 5.69 Å². The molecule has 0 saturated carbocycles. The highest BCUT2D eigenvalue weighted by molar-refractivity contribution is 6.19. The molecule has 5 heteroatoms. The molecule has 3 aromatic rings. The lowest BCUT2D eigenvalue weighted by atomic mass is 9.95. The first-order chi connectivity index (χ1) is 15.5. The Morgan fingerprint density at radius 3 is 2.25 bits per heavy atom. The van der Waals surface area contributed by atoms with Crippen molar-refractivity contribution in [2.24, 2.45) is 0 Å². The zero-order valence-electron chi connectivity index (χ0n) is 17.9. The Balaban J connectivity index is 1.78. The van der Waals surface area contributed by atoms with E-state index in [0.29, 0.717) is 17.0 Å². The van der Waals surface area contributed by atoms with E-state index in [-0.39, 0.29) is 5.57 Å². The third-order valence-electron chi connectivity index (χ3n) is 5.44. The molecule has 3 aromatic carbocycles. The molecule has 1 atom stereocenters. The van der Waals surface area contributed by atoms with E-state index in [1.807, 2.05) is 61.5 Å². The van der Waals surface area contributed by atoms with Crippen LogP contribution in [0, 0.1) is 6.92 Å². The van der Waals surface area contributed by atoms with Gasteiger partial charge in [-0.2, -0.15) is 0 Å². The lowest BCUT2D eigenvalue weighted by Gasteiger charge is -2.27. The molecular formula is C27H23NO4. The Hall–Kier alpha value is -4.12. The van der Waals surface area contributed by atoms with E-state index < -0.39 is 23.5 Å². The zero-order chi connectivity index (χ0) is 22.7. The minimum atomic E-state index is -0.760. The topological polar surface area (TPSA) is 66.8 Å². The highest BCUT2D eigenvalue weighted by Gasteiger charge is 2.43. The van der Waals surface area contributed by atoms with Crippen molar-refractivity contribution in [2.45, 2.75) is 13.0 Å². The number of ketones is 1.